The summed E-state index contributed by atoms with van der Waals surface area (Å²) in [5.74, 6) is 0.0157. The summed E-state index contributed by atoms with van der Waals surface area (Å²) in [6.45, 7) is 0.0210. The number of carbonyl (C=O) groups excluding carboxylic acids is 1. The van der Waals surface area contributed by atoms with Crippen LogP contribution in [-0.4, -0.2) is 37.5 Å². The van der Waals surface area contributed by atoms with E-state index in [9.17, 15) is 18.3 Å². The van der Waals surface area contributed by atoms with E-state index >= 15 is 0 Å². The van der Waals surface area contributed by atoms with E-state index in [1.54, 1.807) is 18.2 Å². The van der Waals surface area contributed by atoms with Gasteiger partial charge in [-0.2, -0.15) is 0 Å². The molecule has 1 saturated heterocycles. The SMILES string of the molecule is O=C(NC[C@H](O)c1c(Cl)cccc1Cl)[C@H]1CC12CCS(=O)(=O)CC2. The fourth-order valence-corrected chi connectivity index (χ4v) is 5.76. The predicted octanol–water partition coefficient (Wildman–Crippen LogP) is 2.36. The highest BCUT2D eigenvalue weighted by molar-refractivity contribution is 7.91. The first kappa shape index (κ1) is 18.0. The van der Waals surface area contributed by atoms with Crippen LogP contribution in [0.1, 0.15) is 30.9 Å². The molecule has 3 rings (SSSR count). The van der Waals surface area contributed by atoms with Crippen LogP contribution in [0.4, 0.5) is 0 Å². The molecule has 0 unspecified atom stereocenters. The molecule has 1 aliphatic carbocycles. The van der Waals surface area contributed by atoms with Crippen molar-refractivity contribution in [2.24, 2.45) is 11.3 Å². The molecule has 5 nitrogen and oxygen atoms in total. The van der Waals surface area contributed by atoms with E-state index in [-0.39, 0.29) is 35.3 Å². The Balaban J connectivity index is 1.56. The van der Waals surface area contributed by atoms with Crippen molar-refractivity contribution in [3.63, 3.8) is 0 Å². The molecule has 2 N–H and O–H groups in total. The number of nitrogens with one attached hydrogen (secondary N) is 1. The number of hydrogen-bond acceptors (Lipinski definition) is 4. The average molecular weight is 392 g/mol. The van der Waals surface area contributed by atoms with Crippen LogP contribution in [0.2, 0.25) is 10.0 Å². The van der Waals surface area contributed by atoms with Crippen molar-refractivity contribution in [3.05, 3.63) is 33.8 Å². The zero-order valence-corrected chi connectivity index (χ0v) is 15.3. The molecule has 1 aromatic carbocycles. The summed E-state index contributed by atoms with van der Waals surface area (Å²) in [7, 11) is -2.94. The lowest BCUT2D eigenvalue weighted by atomic mass is 9.96. The average Bonchev–Trinajstić information content (AvgIpc) is 3.23. The number of rotatable bonds is 4. The third-order valence-electron chi connectivity index (χ3n) is 5.13. The summed E-state index contributed by atoms with van der Waals surface area (Å²) in [5.41, 5.74) is 0.234. The van der Waals surface area contributed by atoms with Gasteiger partial charge in [0.05, 0.1) is 17.6 Å². The number of sulfone groups is 1. The number of carbonyl (C=O) groups is 1. The highest BCUT2D eigenvalue weighted by atomic mass is 35.5. The van der Waals surface area contributed by atoms with Crippen molar-refractivity contribution in [2.45, 2.75) is 25.4 Å². The third-order valence-corrected chi connectivity index (χ3v) is 7.44. The van der Waals surface area contributed by atoms with Gasteiger partial charge >= 0.3 is 0 Å². The number of hydrogen-bond donors (Lipinski definition) is 2. The lowest BCUT2D eigenvalue weighted by Crippen LogP contribution is -2.33. The van der Waals surface area contributed by atoms with E-state index in [1.807, 2.05) is 0 Å². The van der Waals surface area contributed by atoms with Gasteiger partial charge in [0.1, 0.15) is 9.84 Å². The molecule has 0 aromatic heterocycles. The Morgan fingerprint density at radius 2 is 1.88 bits per heavy atom. The van der Waals surface area contributed by atoms with Crippen molar-refractivity contribution < 1.29 is 18.3 Å². The molecule has 0 bridgehead atoms. The molecule has 2 atom stereocenters. The molecule has 2 fully saturated rings. The van der Waals surface area contributed by atoms with Gasteiger partial charge in [0, 0.05) is 28.1 Å². The quantitative estimate of drug-likeness (QED) is 0.824. The molecule has 1 aliphatic heterocycles. The first-order chi connectivity index (χ1) is 11.2. The Kier molecular flexibility index (Phi) is 4.86. The van der Waals surface area contributed by atoms with Crippen LogP contribution < -0.4 is 5.32 Å². The Labute approximate surface area is 151 Å². The summed E-state index contributed by atoms with van der Waals surface area (Å²) in [5, 5.41) is 13.7. The smallest absolute Gasteiger partial charge is 0.223 e. The summed E-state index contributed by atoms with van der Waals surface area (Å²) in [6, 6.07) is 4.95. The van der Waals surface area contributed by atoms with Gasteiger partial charge in [0.2, 0.25) is 5.91 Å². The Hall–Kier alpha value is -0.820. The molecular weight excluding hydrogens is 373 g/mol. The molecule has 1 amide bonds. The summed E-state index contributed by atoms with van der Waals surface area (Å²) < 4.78 is 23.0. The van der Waals surface area contributed by atoms with Gasteiger partial charge in [-0.25, -0.2) is 8.42 Å². The van der Waals surface area contributed by atoms with Gasteiger partial charge in [0.15, 0.2) is 0 Å². The zero-order valence-electron chi connectivity index (χ0n) is 13.0. The number of amides is 1. The minimum atomic E-state index is -2.94. The highest BCUT2D eigenvalue weighted by Gasteiger charge is 2.59. The fraction of sp³-hybridized carbons (Fsp3) is 0.562. The topological polar surface area (TPSA) is 83.5 Å². The van der Waals surface area contributed by atoms with E-state index in [0.717, 1.165) is 6.42 Å². The molecule has 1 aromatic rings. The van der Waals surface area contributed by atoms with E-state index in [0.29, 0.717) is 28.5 Å². The second kappa shape index (κ2) is 6.48. The second-order valence-corrected chi connectivity index (χ2v) is 9.79. The number of aliphatic hydroxyl groups is 1. The summed E-state index contributed by atoms with van der Waals surface area (Å²) >= 11 is 12.1. The standard InChI is InChI=1S/C16H19Cl2NO4S/c17-11-2-1-3-12(18)14(11)13(20)9-19-15(21)10-8-16(10)4-6-24(22,23)7-5-16/h1-3,10,13,20H,4-9H2,(H,19,21)/t10-,13+/m1/s1. The van der Waals surface area contributed by atoms with Crippen LogP contribution in [0, 0.1) is 11.3 Å². The molecule has 8 heteroatoms. The molecule has 1 heterocycles. The summed E-state index contributed by atoms with van der Waals surface area (Å²) in [6.07, 6.45) is 0.826. The predicted molar refractivity (Wildman–Crippen MR) is 92.9 cm³/mol. The maximum absolute atomic E-state index is 12.3. The van der Waals surface area contributed by atoms with Gasteiger partial charge in [0.25, 0.3) is 0 Å². The Morgan fingerprint density at radius 3 is 2.46 bits per heavy atom. The van der Waals surface area contributed by atoms with Crippen LogP contribution in [0.25, 0.3) is 0 Å². The van der Waals surface area contributed by atoms with Crippen LogP contribution in [-0.2, 0) is 14.6 Å². The first-order valence-corrected chi connectivity index (χ1v) is 10.4. The Morgan fingerprint density at radius 1 is 1.29 bits per heavy atom. The molecule has 24 heavy (non-hydrogen) atoms. The van der Waals surface area contributed by atoms with Crippen molar-refractivity contribution in [3.8, 4) is 0 Å². The molecule has 0 radical (unpaired) electrons. The fourth-order valence-electron chi connectivity index (χ4n) is 3.47. The van der Waals surface area contributed by atoms with Gasteiger partial charge in [-0.1, -0.05) is 29.3 Å². The van der Waals surface area contributed by atoms with Gasteiger partial charge in [-0.15, -0.1) is 0 Å². The van der Waals surface area contributed by atoms with E-state index in [4.69, 9.17) is 23.2 Å². The highest BCUT2D eigenvalue weighted by Crippen LogP contribution is 2.59. The van der Waals surface area contributed by atoms with Crippen molar-refractivity contribution >= 4 is 38.9 Å². The minimum Gasteiger partial charge on any atom is -0.386 e. The van der Waals surface area contributed by atoms with Crippen LogP contribution in [0.3, 0.4) is 0 Å². The zero-order chi connectivity index (χ0) is 17.5. The lowest BCUT2D eigenvalue weighted by Gasteiger charge is -2.22. The minimum absolute atomic E-state index is 0.0210. The van der Waals surface area contributed by atoms with Crippen molar-refractivity contribution in [2.75, 3.05) is 18.1 Å². The molecule has 1 saturated carbocycles. The maximum Gasteiger partial charge on any atom is 0.223 e. The third kappa shape index (κ3) is 3.57. The maximum atomic E-state index is 12.3. The summed E-state index contributed by atoms with van der Waals surface area (Å²) in [4.78, 5) is 12.3. The first-order valence-electron chi connectivity index (χ1n) is 7.84. The molecular formula is C16H19Cl2NO4S. The van der Waals surface area contributed by atoms with Crippen LogP contribution in [0.15, 0.2) is 18.2 Å². The van der Waals surface area contributed by atoms with E-state index in [2.05, 4.69) is 5.32 Å². The van der Waals surface area contributed by atoms with Crippen molar-refractivity contribution in [1.29, 1.82) is 0 Å². The van der Waals surface area contributed by atoms with Gasteiger partial charge in [-0.05, 0) is 36.8 Å². The molecule has 2 aliphatic rings. The number of benzene rings is 1. The van der Waals surface area contributed by atoms with Gasteiger partial charge in [-0.3, -0.25) is 4.79 Å². The van der Waals surface area contributed by atoms with Crippen LogP contribution in [0.5, 0.6) is 0 Å². The van der Waals surface area contributed by atoms with Crippen molar-refractivity contribution in [1.82, 2.24) is 5.32 Å². The Bertz CT molecular complexity index is 731. The second-order valence-electron chi connectivity index (χ2n) is 6.67. The normalized spacial score (nSPS) is 25.2. The molecule has 1 spiro atoms. The number of halogens is 2. The largest absolute Gasteiger partial charge is 0.386 e. The molecule has 132 valence electrons. The van der Waals surface area contributed by atoms with Crippen LogP contribution >= 0.6 is 23.2 Å². The lowest BCUT2D eigenvalue weighted by molar-refractivity contribution is -0.123. The number of aliphatic hydroxyl groups excluding tert-OH is 1. The monoisotopic (exact) mass is 391 g/mol. The van der Waals surface area contributed by atoms with Gasteiger partial charge < -0.3 is 10.4 Å². The van der Waals surface area contributed by atoms with E-state index in [1.165, 1.54) is 0 Å². The van der Waals surface area contributed by atoms with E-state index < -0.39 is 15.9 Å².